The number of rotatable bonds is 4. The molecule has 0 aliphatic carbocycles. The summed E-state index contributed by atoms with van der Waals surface area (Å²) < 4.78 is 6.13. The van der Waals surface area contributed by atoms with Crippen molar-refractivity contribution in [1.82, 2.24) is 4.98 Å². The summed E-state index contributed by atoms with van der Waals surface area (Å²) in [7, 11) is 0. The summed E-state index contributed by atoms with van der Waals surface area (Å²) in [6.45, 7) is 2.17. The Labute approximate surface area is 129 Å². The van der Waals surface area contributed by atoms with E-state index in [-0.39, 0.29) is 0 Å². The van der Waals surface area contributed by atoms with E-state index in [1.165, 1.54) is 5.56 Å². The molecule has 3 heteroatoms. The minimum absolute atomic E-state index is 0.679. The zero-order chi connectivity index (χ0) is 14.7. The van der Waals surface area contributed by atoms with E-state index >= 15 is 0 Å². The molecule has 106 valence electrons. The quantitative estimate of drug-likeness (QED) is 0.622. The third kappa shape index (κ3) is 3.01. The Morgan fingerprint density at radius 1 is 1.05 bits per heavy atom. The van der Waals surface area contributed by atoms with E-state index in [4.69, 9.17) is 16.3 Å². The van der Waals surface area contributed by atoms with Crippen LogP contribution in [0.3, 0.4) is 0 Å². The van der Waals surface area contributed by atoms with Gasteiger partial charge in [-0.2, -0.15) is 0 Å². The molecule has 1 aromatic heterocycles. The average molecular weight is 298 g/mol. The summed E-state index contributed by atoms with van der Waals surface area (Å²) >= 11 is 6.02. The number of halogens is 1. The molecule has 0 N–H and O–H groups in total. The highest BCUT2D eigenvalue weighted by molar-refractivity contribution is 6.31. The minimum Gasteiger partial charge on any atom is -0.456 e. The molecule has 0 unspecified atom stereocenters. The van der Waals surface area contributed by atoms with Gasteiger partial charge in [-0.1, -0.05) is 43.1 Å². The van der Waals surface area contributed by atoms with Gasteiger partial charge in [-0.15, -0.1) is 0 Å². The predicted octanol–water partition coefficient (Wildman–Crippen LogP) is 5.63. The molecule has 0 aliphatic heterocycles. The normalized spacial score (nSPS) is 10.8. The number of benzene rings is 2. The first-order chi connectivity index (χ1) is 10.3. The number of hydrogen-bond acceptors (Lipinski definition) is 2. The number of pyridine rings is 1. The van der Waals surface area contributed by atoms with Crippen LogP contribution in [0.5, 0.6) is 11.5 Å². The second kappa shape index (κ2) is 6.15. The van der Waals surface area contributed by atoms with Gasteiger partial charge in [0.2, 0.25) is 0 Å². The van der Waals surface area contributed by atoms with E-state index < -0.39 is 0 Å². The van der Waals surface area contributed by atoms with E-state index in [0.29, 0.717) is 5.02 Å². The van der Waals surface area contributed by atoms with Gasteiger partial charge in [-0.05, 0) is 42.3 Å². The monoisotopic (exact) mass is 297 g/mol. The molecule has 21 heavy (non-hydrogen) atoms. The number of fused-ring (bicyclic) bond motifs is 1. The molecule has 0 fully saturated rings. The molecule has 0 spiro atoms. The van der Waals surface area contributed by atoms with Gasteiger partial charge < -0.3 is 4.74 Å². The maximum Gasteiger partial charge on any atom is 0.138 e. The molecule has 0 amide bonds. The van der Waals surface area contributed by atoms with Crippen molar-refractivity contribution in [2.75, 3.05) is 0 Å². The topological polar surface area (TPSA) is 22.1 Å². The molecular weight excluding hydrogens is 282 g/mol. The molecule has 0 saturated heterocycles. The first kappa shape index (κ1) is 13.9. The highest BCUT2D eigenvalue weighted by Crippen LogP contribution is 2.32. The Balaban J connectivity index is 2.02. The predicted molar refractivity (Wildman–Crippen MR) is 87.3 cm³/mol. The lowest BCUT2D eigenvalue weighted by Gasteiger charge is -2.12. The summed E-state index contributed by atoms with van der Waals surface area (Å²) in [5.41, 5.74) is 2.06. The van der Waals surface area contributed by atoms with Crippen molar-refractivity contribution in [3.8, 4) is 11.5 Å². The minimum atomic E-state index is 0.679. The molecule has 2 aromatic carbocycles. The van der Waals surface area contributed by atoms with Crippen LogP contribution in [0.1, 0.15) is 18.9 Å². The number of aryl methyl sites for hydroxylation is 1. The van der Waals surface area contributed by atoms with E-state index in [9.17, 15) is 0 Å². The van der Waals surface area contributed by atoms with Gasteiger partial charge in [-0.25, -0.2) is 0 Å². The van der Waals surface area contributed by atoms with Crippen molar-refractivity contribution in [3.05, 3.63) is 65.3 Å². The molecule has 3 aromatic rings. The Kier molecular flexibility index (Phi) is 4.07. The Morgan fingerprint density at radius 2 is 1.90 bits per heavy atom. The van der Waals surface area contributed by atoms with Crippen molar-refractivity contribution in [1.29, 1.82) is 0 Å². The van der Waals surface area contributed by atoms with Crippen LogP contribution in [0.4, 0.5) is 0 Å². The van der Waals surface area contributed by atoms with Gasteiger partial charge in [0.25, 0.3) is 0 Å². The number of hydrogen-bond donors (Lipinski definition) is 0. The summed E-state index contributed by atoms with van der Waals surface area (Å²) in [6, 6.07) is 15.7. The molecule has 1 heterocycles. The van der Waals surface area contributed by atoms with Crippen LogP contribution in [0, 0.1) is 0 Å². The Bertz CT molecular complexity index is 770. The molecule has 0 bridgehead atoms. The van der Waals surface area contributed by atoms with Gasteiger partial charge in [0, 0.05) is 16.6 Å². The summed E-state index contributed by atoms with van der Waals surface area (Å²) in [4.78, 5) is 4.34. The molecule has 0 radical (unpaired) electrons. The SMILES string of the molecule is CCCc1ccccc1Oc1ccnc2cc(Cl)ccc12. The van der Waals surface area contributed by atoms with Crippen molar-refractivity contribution in [2.45, 2.75) is 19.8 Å². The Morgan fingerprint density at radius 3 is 2.76 bits per heavy atom. The first-order valence-corrected chi connectivity index (χ1v) is 7.46. The van der Waals surface area contributed by atoms with E-state index in [1.807, 2.05) is 42.5 Å². The maximum absolute atomic E-state index is 6.13. The maximum atomic E-state index is 6.13. The second-order valence-corrected chi connectivity index (χ2v) is 5.37. The summed E-state index contributed by atoms with van der Waals surface area (Å²) in [6.07, 6.45) is 3.84. The van der Waals surface area contributed by atoms with Crippen LogP contribution >= 0.6 is 11.6 Å². The fourth-order valence-electron chi connectivity index (χ4n) is 2.38. The standard InChI is InChI=1S/C18H16ClNO/c1-2-5-13-6-3-4-7-17(13)21-18-10-11-20-16-12-14(19)8-9-15(16)18/h3-4,6-12H,2,5H2,1H3. The molecule has 2 nitrogen and oxygen atoms in total. The molecule has 0 atom stereocenters. The Hall–Kier alpha value is -2.06. The van der Waals surface area contributed by atoms with E-state index in [1.54, 1.807) is 6.20 Å². The van der Waals surface area contributed by atoms with Gasteiger partial charge >= 0.3 is 0 Å². The molecular formula is C18H16ClNO. The second-order valence-electron chi connectivity index (χ2n) is 4.93. The molecule has 3 rings (SSSR count). The van der Waals surface area contributed by atoms with Crippen LogP contribution in [0.2, 0.25) is 5.02 Å². The van der Waals surface area contributed by atoms with Gasteiger partial charge in [0.05, 0.1) is 5.52 Å². The van der Waals surface area contributed by atoms with E-state index in [0.717, 1.165) is 35.2 Å². The van der Waals surface area contributed by atoms with Crippen LogP contribution in [0.15, 0.2) is 54.7 Å². The molecule has 0 aliphatic rings. The highest BCUT2D eigenvalue weighted by atomic mass is 35.5. The average Bonchev–Trinajstić information content (AvgIpc) is 2.49. The van der Waals surface area contributed by atoms with Gasteiger partial charge in [0.1, 0.15) is 11.5 Å². The van der Waals surface area contributed by atoms with Gasteiger partial charge in [-0.3, -0.25) is 4.98 Å². The lowest BCUT2D eigenvalue weighted by Crippen LogP contribution is -1.92. The third-order valence-corrected chi connectivity index (χ3v) is 3.61. The van der Waals surface area contributed by atoms with Crippen LogP contribution in [-0.2, 0) is 6.42 Å². The lowest BCUT2D eigenvalue weighted by molar-refractivity contribution is 0.481. The first-order valence-electron chi connectivity index (χ1n) is 7.08. The fraction of sp³-hybridized carbons (Fsp3) is 0.167. The number of ether oxygens (including phenoxy) is 1. The molecule has 0 saturated carbocycles. The zero-order valence-corrected chi connectivity index (χ0v) is 12.6. The number of aromatic nitrogens is 1. The van der Waals surface area contributed by atoms with Crippen molar-refractivity contribution >= 4 is 22.5 Å². The lowest BCUT2D eigenvalue weighted by atomic mass is 10.1. The van der Waals surface area contributed by atoms with Crippen LogP contribution in [0.25, 0.3) is 10.9 Å². The van der Waals surface area contributed by atoms with Crippen LogP contribution in [-0.4, -0.2) is 4.98 Å². The van der Waals surface area contributed by atoms with Crippen molar-refractivity contribution in [2.24, 2.45) is 0 Å². The number of para-hydroxylation sites is 1. The largest absolute Gasteiger partial charge is 0.456 e. The van der Waals surface area contributed by atoms with Crippen molar-refractivity contribution in [3.63, 3.8) is 0 Å². The van der Waals surface area contributed by atoms with Crippen molar-refractivity contribution < 1.29 is 4.74 Å². The summed E-state index contributed by atoms with van der Waals surface area (Å²) in [5, 5.41) is 1.65. The van der Waals surface area contributed by atoms with Gasteiger partial charge in [0.15, 0.2) is 0 Å². The van der Waals surface area contributed by atoms with E-state index in [2.05, 4.69) is 18.0 Å². The van der Waals surface area contributed by atoms with Crippen LogP contribution < -0.4 is 4.74 Å². The summed E-state index contributed by atoms with van der Waals surface area (Å²) in [5.74, 6) is 1.71. The smallest absolute Gasteiger partial charge is 0.138 e. The zero-order valence-electron chi connectivity index (χ0n) is 11.8. The number of nitrogens with zero attached hydrogens (tertiary/aromatic N) is 1. The fourth-order valence-corrected chi connectivity index (χ4v) is 2.55. The highest BCUT2D eigenvalue weighted by Gasteiger charge is 2.07. The third-order valence-electron chi connectivity index (χ3n) is 3.38.